The fraction of sp³-hybridized carbons (Fsp3) is 0.148. The highest BCUT2D eigenvalue weighted by atomic mass is 35.5. The van der Waals surface area contributed by atoms with Gasteiger partial charge in [0.1, 0.15) is 11.6 Å². The minimum atomic E-state index is -0.580. The van der Waals surface area contributed by atoms with Crippen molar-refractivity contribution in [2.75, 3.05) is 30.5 Å². The summed E-state index contributed by atoms with van der Waals surface area (Å²) in [6, 6.07) is 16.1. The molecule has 7 nitrogen and oxygen atoms in total. The molecule has 3 aromatic carbocycles. The minimum absolute atomic E-state index is 0.0997. The number of nitrogens with one attached hydrogen (secondary N) is 1. The van der Waals surface area contributed by atoms with E-state index in [4.69, 9.17) is 38.0 Å². The summed E-state index contributed by atoms with van der Waals surface area (Å²) in [6.07, 6.45) is 1.71. The summed E-state index contributed by atoms with van der Waals surface area (Å²) in [5, 5.41) is 2.48. The second-order valence-electron chi connectivity index (χ2n) is 7.82. The first-order valence-electron chi connectivity index (χ1n) is 11.4. The molecule has 0 atom stereocenters. The van der Waals surface area contributed by atoms with Gasteiger partial charge < -0.3 is 19.5 Å². The third kappa shape index (κ3) is 6.45. The Morgan fingerprint density at radius 3 is 2.55 bits per heavy atom. The van der Waals surface area contributed by atoms with Crippen LogP contribution in [0.25, 0.3) is 6.08 Å². The molecule has 1 heterocycles. The van der Waals surface area contributed by atoms with Crippen LogP contribution in [0.5, 0.6) is 17.2 Å². The zero-order valence-corrected chi connectivity index (χ0v) is 22.7. The molecule has 0 bridgehead atoms. The maximum atomic E-state index is 13.3. The monoisotopic (exact) mass is 572 g/mol. The van der Waals surface area contributed by atoms with Gasteiger partial charge in [-0.05, 0) is 73.2 Å². The maximum Gasteiger partial charge on any atom is 0.270 e. The third-order valence-electron chi connectivity index (χ3n) is 5.25. The van der Waals surface area contributed by atoms with Crippen molar-refractivity contribution in [3.8, 4) is 17.2 Å². The SMILES string of the molecule is CCOc1ccc(N2C(=O)/C(=C/c3ccc(OCC(=O)Nc4ccc(F)c(Cl)c4)c(OC)c3)SC2=S)cc1. The summed E-state index contributed by atoms with van der Waals surface area (Å²) in [6.45, 7) is 2.14. The van der Waals surface area contributed by atoms with E-state index in [1.54, 1.807) is 48.5 Å². The number of ether oxygens (including phenoxy) is 3. The number of halogens is 2. The molecule has 196 valence electrons. The van der Waals surface area contributed by atoms with Crippen molar-refractivity contribution in [3.63, 3.8) is 0 Å². The highest BCUT2D eigenvalue weighted by Crippen LogP contribution is 2.37. The second kappa shape index (κ2) is 12.3. The van der Waals surface area contributed by atoms with Crippen molar-refractivity contribution in [3.05, 3.63) is 82.0 Å². The Kier molecular flexibility index (Phi) is 8.88. The number of nitrogens with zero attached hydrogens (tertiary/aromatic N) is 1. The third-order valence-corrected chi connectivity index (χ3v) is 6.84. The number of anilines is 2. The number of rotatable bonds is 9. The van der Waals surface area contributed by atoms with E-state index >= 15 is 0 Å². The molecule has 0 spiro atoms. The number of methoxy groups -OCH3 is 1. The molecule has 1 aliphatic rings. The van der Waals surface area contributed by atoms with Crippen LogP contribution < -0.4 is 24.4 Å². The van der Waals surface area contributed by atoms with E-state index < -0.39 is 11.7 Å². The van der Waals surface area contributed by atoms with Gasteiger partial charge in [-0.3, -0.25) is 14.5 Å². The van der Waals surface area contributed by atoms with Gasteiger partial charge in [-0.1, -0.05) is 41.6 Å². The Morgan fingerprint density at radius 2 is 1.87 bits per heavy atom. The van der Waals surface area contributed by atoms with Gasteiger partial charge in [0.05, 0.1) is 29.3 Å². The van der Waals surface area contributed by atoms with Crippen molar-refractivity contribution in [1.82, 2.24) is 0 Å². The Morgan fingerprint density at radius 1 is 1.11 bits per heavy atom. The Bertz CT molecular complexity index is 1420. The molecule has 1 N–H and O–H groups in total. The summed E-state index contributed by atoms with van der Waals surface area (Å²) >= 11 is 12.4. The van der Waals surface area contributed by atoms with E-state index in [9.17, 15) is 14.0 Å². The molecular weight excluding hydrogens is 551 g/mol. The van der Waals surface area contributed by atoms with Crippen molar-refractivity contribution < 1.29 is 28.2 Å². The lowest BCUT2D eigenvalue weighted by molar-refractivity contribution is -0.118. The van der Waals surface area contributed by atoms with E-state index in [0.29, 0.717) is 50.0 Å². The molecule has 0 radical (unpaired) electrons. The summed E-state index contributed by atoms with van der Waals surface area (Å²) in [7, 11) is 1.47. The number of amides is 2. The molecule has 1 fully saturated rings. The van der Waals surface area contributed by atoms with Crippen LogP contribution >= 0.6 is 35.6 Å². The van der Waals surface area contributed by atoms with Crippen LogP contribution in [0.1, 0.15) is 12.5 Å². The molecule has 0 aromatic heterocycles. The summed E-state index contributed by atoms with van der Waals surface area (Å²) in [5.74, 6) is 0.142. The van der Waals surface area contributed by atoms with Gasteiger partial charge in [-0.2, -0.15) is 0 Å². The topological polar surface area (TPSA) is 77.1 Å². The average Bonchev–Trinajstić information content (AvgIpc) is 3.18. The highest BCUT2D eigenvalue weighted by molar-refractivity contribution is 8.27. The molecule has 2 amide bonds. The Hall–Kier alpha value is -3.60. The van der Waals surface area contributed by atoms with Crippen LogP contribution in [0.4, 0.5) is 15.8 Å². The smallest absolute Gasteiger partial charge is 0.270 e. The van der Waals surface area contributed by atoms with Crippen LogP contribution in [-0.2, 0) is 9.59 Å². The molecule has 4 rings (SSSR count). The molecule has 0 saturated carbocycles. The van der Waals surface area contributed by atoms with Crippen LogP contribution in [0.3, 0.4) is 0 Å². The van der Waals surface area contributed by atoms with Gasteiger partial charge in [0, 0.05) is 5.69 Å². The Balaban J connectivity index is 1.43. The van der Waals surface area contributed by atoms with Crippen molar-refractivity contribution >= 4 is 69.2 Å². The van der Waals surface area contributed by atoms with Gasteiger partial charge >= 0.3 is 0 Å². The molecule has 0 unspecified atom stereocenters. The van der Waals surface area contributed by atoms with Gasteiger partial charge in [-0.25, -0.2) is 4.39 Å². The number of benzene rings is 3. The summed E-state index contributed by atoms with van der Waals surface area (Å²) in [5.41, 5.74) is 1.68. The minimum Gasteiger partial charge on any atom is -0.494 e. The van der Waals surface area contributed by atoms with Gasteiger partial charge in [-0.15, -0.1) is 0 Å². The molecule has 38 heavy (non-hydrogen) atoms. The molecule has 1 aliphatic heterocycles. The molecule has 11 heteroatoms. The van der Waals surface area contributed by atoms with Gasteiger partial charge in [0.25, 0.3) is 11.8 Å². The number of hydrogen-bond acceptors (Lipinski definition) is 7. The fourth-order valence-electron chi connectivity index (χ4n) is 3.51. The quantitative estimate of drug-likeness (QED) is 0.238. The van der Waals surface area contributed by atoms with Crippen LogP contribution in [0.15, 0.2) is 65.6 Å². The number of carbonyl (C=O) groups excluding carboxylic acids is 2. The molecule has 1 saturated heterocycles. The lowest BCUT2D eigenvalue weighted by Crippen LogP contribution is -2.27. The van der Waals surface area contributed by atoms with Crippen molar-refractivity contribution in [2.45, 2.75) is 6.92 Å². The maximum absolute atomic E-state index is 13.3. The van der Waals surface area contributed by atoms with Crippen molar-refractivity contribution in [2.24, 2.45) is 0 Å². The number of hydrogen-bond donors (Lipinski definition) is 1. The number of carbonyl (C=O) groups is 2. The van der Waals surface area contributed by atoms with Gasteiger partial charge in [0.2, 0.25) is 0 Å². The molecule has 0 aliphatic carbocycles. The standard InChI is InChI=1S/C27H22ClFN2O5S2/c1-3-35-19-8-6-18(7-9-19)31-26(33)24(38-27(31)37)13-16-4-11-22(23(12-16)34-2)36-15-25(32)30-17-5-10-21(29)20(28)14-17/h4-14H,3,15H2,1-2H3,(H,30,32)/b24-13-. The zero-order valence-electron chi connectivity index (χ0n) is 20.3. The first-order valence-corrected chi connectivity index (χ1v) is 13.0. The van der Waals surface area contributed by atoms with Gasteiger partial charge in [0.15, 0.2) is 22.4 Å². The highest BCUT2D eigenvalue weighted by Gasteiger charge is 2.33. The summed E-state index contributed by atoms with van der Waals surface area (Å²) in [4.78, 5) is 27.3. The second-order valence-corrected chi connectivity index (χ2v) is 9.90. The normalized spacial score (nSPS) is 14.1. The van der Waals surface area contributed by atoms with E-state index in [1.807, 2.05) is 6.92 Å². The number of thioether (sulfide) groups is 1. The first-order chi connectivity index (χ1) is 18.3. The lowest BCUT2D eigenvalue weighted by atomic mass is 10.1. The average molecular weight is 573 g/mol. The number of thiocarbonyl (C=S) groups is 1. The molecular formula is C27H22ClFN2O5S2. The lowest BCUT2D eigenvalue weighted by Gasteiger charge is -2.15. The van der Waals surface area contributed by atoms with E-state index in [-0.39, 0.29) is 17.5 Å². The van der Waals surface area contributed by atoms with Crippen LogP contribution in [-0.4, -0.2) is 36.5 Å². The predicted molar refractivity (Wildman–Crippen MR) is 152 cm³/mol. The predicted octanol–water partition coefficient (Wildman–Crippen LogP) is 6.31. The summed E-state index contributed by atoms with van der Waals surface area (Å²) < 4.78 is 30.2. The van der Waals surface area contributed by atoms with E-state index in [0.717, 1.165) is 6.07 Å². The van der Waals surface area contributed by atoms with E-state index in [1.165, 1.54) is 35.9 Å². The largest absolute Gasteiger partial charge is 0.494 e. The first kappa shape index (κ1) is 27.4. The zero-order chi connectivity index (χ0) is 27.2. The Labute approximate surface area is 233 Å². The van der Waals surface area contributed by atoms with Crippen LogP contribution in [0.2, 0.25) is 5.02 Å². The van der Waals surface area contributed by atoms with E-state index in [2.05, 4.69) is 5.32 Å². The van der Waals surface area contributed by atoms with Crippen LogP contribution in [0, 0.1) is 5.82 Å². The van der Waals surface area contributed by atoms with Crippen molar-refractivity contribution in [1.29, 1.82) is 0 Å². The molecule has 3 aromatic rings. The fourth-order valence-corrected chi connectivity index (χ4v) is 4.99.